The fraction of sp³-hybridized carbons (Fsp3) is 0.333. The summed E-state index contributed by atoms with van der Waals surface area (Å²) in [7, 11) is 0. The second kappa shape index (κ2) is 1.54. The van der Waals surface area contributed by atoms with E-state index in [4.69, 9.17) is 0 Å². The summed E-state index contributed by atoms with van der Waals surface area (Å²) in [5, 5.41) is 6.73. The number of rotatable bonds is 0. The summed E-state index contributed by atoms with van der Waals surface area (Å²) in [6.07, 6.45) is 0. The van der Waals surface area contributed by atoms with Gasteiger partial charge in [0.05, 0.1) is 0 Å². The third kappa shape index (κ3) is 0.928. The highest BCUT2D eigenvalue weighted by Crippen LogP contribution is 2.03. The van der Waals surface area contributed by atoms with Crippen molar-refractivity contribution in [2.45, 2.75) is 6.92 Å². The van der Waals surface area contributed by atoms with Gasteiger partial charge >= 0.3 is 0 Å². The lowest BCUT2D eigenvalue weighted by atomic mass is 10.9. The largest absolute Gasteiger partial charge is 0.289 e. The van der Waals surface area contributed by atoms with Crippen molar-refractivity contribution in [2.24, 2.45) is 0 Å². The van der Waals surface area contributed by atoms with Crippen LogP contribution < -0.4 is 0 Å². The van der Waals surface area contributed by atoms with Crippen molar-refractivity contribution in [2.75, 3.05) is 0 Å². The maximum Gasteiger partial charge on any atom is 0.289 e. The van der Waals surface area contributed by atoms with Crippen molar-refractivity contribution in [1.29, 1.82) is 0 Å². The van der Waals surface area contributed by atoms with Crippen molar-refractivity contribution in [1.82, 2.24) is 10.2 Å². The first-order valence-corrected chi connectivity index (χ1v) is 2.56. The molecule has 4 heteroatoms. The Balaban J connectivity index is 3.04. The van der Waals surface area contributed by atoms with Crippen LogP contribution in [0.15, 0.2) is 0 Å². The van der Waals surface area contributed by atoms with E-state index in [-0.39, 0.29) is 0 Å². The minimum absolute atomic E-state index is 0.461. The van der Waals surface area contributed by atoms with Crippen molar-refractivity contribution in [3.05, 3.63) is 10.3 Å². The summed E-state index contributed by atoms with van der Waals surface area (Å²) in [4.78, 5) is 0. The Bertz CT molecular complexity index is 145. The predicted molar refractivity (Wildman–Crippen MR) is 24.6 cm³/mol. The van der Waals surface area contributed by atoms with E-state index < -0.39 is 5.26 Å². The zero-order valence-corrected chi connectivity index (χ0v) is 4.50. The van der Waals surface area contributed by atoms with E-state index in [1.54, 1.807) is 6.92 Å². The standard InChI is InChI=1S/C3H3FN2S/c1-2-5-6-3(4)7-2/h1H3. The normalized spacial score (nSPS) is 9.43. The minimum Gasteiger partial charge on any atom is -0.171 e. The molecule has 0 saturated carbocycles. The Morgan fingerprint density at radius 3 is 2.43 bits per heavy atom. The highest BCUT2D eigenvalue weighted by molar-refractivity contribution is 7.09. The molecule has 0 amide bonds. The van der Waals surface area contributed by atoms with Crippen molar-refractivity contribution in [3.63, 3.8) is 0 Å². The lowest BCUT2D eigenvalue weighted by molar-refractivity contribution is 0.600. The minimum atomic E-state index is -0.461. The van der Waals surface area contributed by atoms with Gasteiger partial charge in [-0.15, -0.1) is 10.2 Å². The highest BCUT2D eigenvalue weighted by Gasteiger charge is 1.92. The van der Waals surface area contributed by atoms with E-state index in [1.807, 2.05) is 0 Å². The molecule has 0 N–H and O–H groups in total. The van der Waals surface area contributed by atoms with Gasteiger partial charge in [0, 0.05) is 0 Å². The zero-order valence-electron chi connectivity index (χ0n) is 3.68. The van der Waals surface area contributed by atoms with Crippen LogP contribution in [-0.4, -0.2) is 10.2 Å². The van der Waals surface area contributed by atoms with E-state index >= 15 is 0 Å². The van der Waals surface area contributed by atoms with Crippen LogP contribution in [-0.2, 0) is 0 Å². The Hall–Kier alpha value is -0.510. The van der Waals surface area contributed by atoms with Gasteiger partial charge in [0.25, 0.3) is 5.26 Å². The quantitative estimate of drug-likeness (QED) is 0.507. The average Bonchev–Trinajstić information content (AvgIpc) is 1.87. The van der Waals surface area contributed by atoms with Gasteiger partial charge < -0.3 is 0 Å². The van der Waals surface area contributed by atoms with Gasteiger partial charge in [0.15, 0.2) is 0 Å². The lowest BCUT2D eigenvalue weighted by Crippen LogP contribution is -1.68. The molecule has 0 aliphatic heterocycles. The predicted octanol–water partition coefficient (Wildman–Crippen LogP) is 0.986. The van der Waals surface area contributed by atoms with Crippen LogP contribution in [0.4, 0.5) is 4.39 Å². The van der Waals surface area contributed by atoms with E-state index in [1.165, 1.54) is 0 Å². The molecule has 0 radical (unpaired) electrons. The van der Waals surface area contributed by atoms with Gasteiger partial charge in [-0.1, -0.05) is 11.3 Å². The third-order valence-corrected chi connectivity index (χ3v) is 1.13. The van der Waals surface area contributed by atoms with Gasteiger partial charge in [0.1, 0.15) is 5.01 Å². The summed E-state index contributed by atoms with van der Waals surface area (Å²) < 4.78 is 11.8. The number of hydrogen-bond donors (Lipinski definition) is 0. The SMILES string of the molecule is Cc1nnc(F)s1. The van der Waals surface area contributed by atoms with Crippen LogP contribution in [0, 0.1) is 12.2 Å². The molecule has 0 aliphatic carbocycles. The topological polar surface area (TPSA) is 25.8 Å². The Morgan fingerprint density at radius 1 is 1.57 bits per heavy atom. The van der Waals surface area contributed by atoms with Crippen LogP contribution in [0.2, 0.25) is 0 Å². The van der Waals surface area contributed by atoms with Crippen molar-refractivity contribution >= 4 is 11.3 Å². The lowest BCUT2D eigenvalue weighted by Gasteiger charge is -1.62. The maximum atomic E-state index is 11.8. The molecular weight excluding hydrogens is 115 g/mol. The molecule has 1 aromatic rings. The second-order valence-electron chi connectivity index (χ2n) is 1.07. The summed E-state index contributed by atoms with van der Waals surface area (Å²) in [5.74, 6) is 0. The molecule has 0 fully saturated rings. The van der Waals surface area contributed by atoms with Gasteiger partial charge in [-0.05, 0) is 6.92 Å². The Morgan fingerprint density at radius 2 is 2.29 bits per heavy atom. The molecule has 0 spiro atoms. The molecule has 0 aromatic carbocycles. The molecule has 0 unspecified atom stereocenters. The summed E-state index contributed by atoms with van der Waals surface area (Å²) in [6, 6.07) is 0. The van der Waals surface area contributed by atoms with Gasteiger partial charge in [-0.3, -0.25) is 0 Å². The van der Waals surface area contributed by atoms with Crippen LogP contribution in [0.25, 0.3) is 0 Å². The van der Waals surface area contributed by atoms with Crippen LogP contribution >= 0.6 is 11.3 Å². The van der Waals surface area contributed by atoms with E-state index in [9.17, 15) is 4.39 Å². The first-order valence-electron chi connectivity index (χ1n) is 1.74. The summed E-state index contributed by atoms with van der Waals surface area (Å²) >= 11 is 0.954. The average molecular weight is 118 g/mol. The van der Waals surface area contributed by atoms with Crippen LogP contribution in [0.5, 0.6) is 0 Å². The summed E-state index contributed by atoms with van der Waals surface area (Å²) in [6.45, 7) is 1.71. The number of hydrogen-bond acceptors (Lipinski definition) is 3. The smallest absolute Gasteiger partial charge is 0.171 e. The molecule has 0 aliphatic rings. The number of nitrogens with zero attached hydrogens (tertiary/aromatic N) is 2. The van der Waals surface area contributed by atoms with E-state index in [2.05, 4.69) is 10.2 Å². The van der Waals surface area contributed by atoms with Crippen LogP contribution in [0.1, 0.15) is 5.01 Å². The van der Waals surface area contributed by atoms with Crippen molar-refractivity contribution < 1.29 is 4.39 Å². The van der Waals surface area contributed by atoms with Crippen LogP contribution in [0.3, 0.4) is 0 Å². The zero-order chi connectivity index (χ0) is 5.28. The fourth-order valence-corrected chi connectivity index (χ4v) is 0.679. The number of halogens is 1. The van der Waals surface area contributed by atoms with Gasteiger partial charge in [0.2, 0.25) is 0 Å². The Labute approximate surface area is 44.0 Å². The third-order valence-electron chi connectivity index (χ3n) is 0.501. The van der Waals surface area contributed by atoms with Gasteiger partial charge in [-0.2, -0.15) is 4.39 Å². The molecule has 0 atom stereocenters. The Kier molecular flexibility index (Phi) is 1.02. The molecular formula is C3H3FN2S. The molecule has 2 nitrogen and oxygen atoms in total. The molecule has 1 rings (SSSR count). The molecule has 7 heavy (non-hydrogen) atoms. The first-order chi connectivity index (χ1) is 3.29. The fourth-order valence-electron chi connectivity index (χ4n) is 0.272. The molecule has 38 valence electrons. The first kappa shape index (κ1) is 4.64. The van der Waals surface area contributed by atoms with E-state index in [0.717, 1.165) is 11.3 Å². The molecule has 0 bridgehead atoms. The van der Waals surface area contributed by atoms with E-state index in [0.29, 0.717) is 5.01 Å². The molecule has 1 aromatic heterocycles. The monoisotopic (exact) mass is 118 g/mol. The highest BCUT2D eigenvalue weighted by atomic mass is 32.1. The molecule has 1 heterocycles. The maximum absolute atomic E-state index is 11.8. The second-order valence-corrected chi connectivity index (χ2v) is 2.21. The van der Waals surface area contributed by atoms with Crippen molar-refractivity contribution in [3.8, 4) is 0 Å². The number of aromatic nitrogens is 2. The summed E-state index contributed by atoms with van der Waals surface area (Å²) in [5.41, 5.74) is 0. The number of aryl methyl sites for hydroxylation is 1. The van der Waals surface area contributed by atoms with Gasteiger partial charge in [-0.25, -0.2) is 0 Å². The molecule has 0 saturated heterocycles.